The quantitative estimate of drug-likeness (QED) is 0.759. The van der Waals surface area contributed by atoms with Crippen molar-refractivity contribution in [3.05, 3.63) is 35.9 Å². The predicted molar refractivity (Wildman–Crippen MR) is 93.9 cm³/mol. The summed E-state index contributed by atoms with van der Waals surface area (Å²) >= 11 is 0. The maximum atomic E-state index is 12.6. The first-order chi connectivity index (χ1) is 12.2. The van der Waals surface area contributed by atoms with E-state index in [1.165, 1.54) is 0 Å². The van der Waals surface area contributed by atoms with E-state index in [1.54, 1.807) is 0 Å². The number of benzene rings is 1. The van der Waals surface area contributed by atoms with Gasteiger partial charge in [-0.15, -0.1) is 0 Å². The summed E-state index contributed by atoms with van der Waals surface area (Å²) in [5, 5.41) is 0. The zero-order valence-corrected chi connectivity index (χ0v) is 14.9. The Morgan fingerprint density at radius 3 is 2.40 bits per heavy atom. The lowest BCUT2D eigenvalue weighted by Gasteiger charge is -2.47. The lowest BCUT2D eigenvalue weighted by atomic mass is 9.77. The van der Waals surface area contributed by atoms with Crippen molar-refractivity contribution in [2.24, 2.45) is 5.92 Å². The molecule has 1 amide bonds. The number of carbonyl (C=O) groups is 2. The smallest absolute Gasteiger partial charge is 0.410 e. The first-order valence-corrected chi connectivity index (χ1v) is 9.32. The van der Waals surface area contributed by atoms with Crippen molar-refractivity contribution in [2.75, 3.05) is 6.61 Å². The van der Waals surface area contributed by atoms with E-state index in [4.69, 9.17) is 9.47 Å². The number of carbonyl (C=O) groups excluding carboxylic acids is 2. The van der Waals surface area contributed by atoms with Crippen molar-refractivity contribution in [1.82, 2.24) is 4.90 Å². The van der Waals surface area contributed by atoms with Crippen LogP contribution in [0.2, 0.25) is 0 Å². The first-order valence-electron chi connectivity index (χ1n) is 9.32. The third kappa shape index (κ3) is 4.53. The Bertz CT molecular complexity index is 575. The van der Waals surface area contributed by atoms with Crippen LogP contribution in [0.25, 0.3) is 0 Å². The summed E-state index contributed by atoms with van der Waals surface area (Å²) in [4.78, 5) is 26.3. The fourth-order valence-corrected chi connectivity index (χ4v) is 4.21. The summed E-state index contributed by atoms with van der Waals surface area (Å²) in [6.07, 6.45) is 5.13. The van der Waals surface area contributed by atoms with Crippen LogP contribution >= 0.6 is 0 Å². The van der Waals surface area contributed by atoms with E-state index >= 15 is 0 Å². The second-order valence-corrected chi connectivity index (χ2v) is 7.03. The minimum Gasteiger partial charge on any atom is -0.466 e. The van der Waals surface area contributed by atoms with Crippen molar-refractivity contribution in [3.8, 4) is 0 Å². The van der Waals surface area contributed by atoms with E-state index in [0.717, 1.165) is 37.7 Å². The molecular weight excluding hydrogens is 318 g/mol. The van der Waals surface area contributed by atoms with Crippen LogP contribution in [0.5, 0.6) is 0 Å². The fraction of sp³-hybridized carbons (Fsp3) is 0.600. The minimum atomic E-state index is -0.215. The number of rotatable bonds is 5. The third-order valence-corrected chi connectivity index (χ3v) is 5.25. The Kier molecular flexibility index (Phi) is 5.95. The lowest BCUT2D eigenvalue weighted by molar-refractivity contribution is -0.145. The molecular formula is C20H27NO4. The monoisotopic (exact) mass is 345 g/mol. The minimum absolute atomic E-state index is 0.120. The van der Waals surface area contributed by atoms with Gasteiger partial charge in [-0.2, -0.15) is 0 Å². The summed E-state index contributed by atoms with van der Waals surface area (Å²) in [7, 11) is 0. The maximum absolute atomic E-state index is 12.6. The van der Waals surface area contributed by atoms with E-state index in [-0.39, 0.29) is 24.1 Å². The number of esters is 1. The highest BCUT2D eigenvalue weighted by atomic mass is 16.6. The Morgan fingerprint density at radius 2 is 1.76 bits per heavy atom. The standard InChI is InChI=1S/C20H27NO4/c1-2-24-19(22)13-16-11-17-9-6-10-18(12-16)21(17)20(23)25-14-15-7-4-3-5-8-15/h3-5,7-8,16-18H,2,6,9-14H2,1H3. The van der Waals surface area contributed by atoms with Crippen LogP contribution in [0.1, 0.15) is 51.0 Å². The Morgan fingerprint density at radius 1 is 1.08 bits per heavy atom. The first kappa shape index (κ1) is 17.8. The molecule has 2 heterocycles. The van der Waals surface area contributed by atoms with E-state index in [0.29, 0.717) is 25.6 Å². The lowest BCUT2D eigenvalue weighted by Crippen LogP contribution is -2.55. The molecule has 25 heavy (non-hydrogen) atoms. The van der Waals surface area contributed by atoms with Gasteiger partial charge in [0.1, 0.15) is 6.61 Å². The van der Waals surface area contributed by atoms with E-state index in [1.807, 2.05) is 42.2 Å². The molecule has 2 bridgehead atoms. The molecule has 1 aromatic carbocycles. The summed E-state index contributed by atoms with van der Waals surface area (Å²) in [5.74, 6) is 0.193. The van der Waals surface area contributed by atoms with Gasteiger partial charge in [-0.25, -0.2) is 4.79 Å². The zero-order valence-electron chi connectivity index (χ0n) is 14.9. The largest absolute Gasteiger partial charge is 0.466 e. The predicted octanol–water partition coefficient (Wildman–Crippen LogP) is 3.91. The number of hydrogen-bond donors (Lipinski definition) is 0. The molecule has 2 unspecified atom stereocenters. The fourth-order valence-electron chi connectivity index (χ4n) is 4.21. The number of amides is 1. The number of fused-ring (bicyclic) bond motifs is 2. The van der Waals surface area contributed by atoms with Crippen LogP contribution in [0.4, 0.5) is 4.79 Å². The van der Waals surface area contributed by atoms with Crippen molar-refractivity contribution >= 4 is 12.1 Å². The Balaban J connectivity index is 1.57. The average Bonchev–Trinajstić information content (AvgIpc) is 2.60. The highest BCUT2D eigenvalue weighted by molar-refractivity contribution is 5.70. The van der Waals surface area contributed by atoms with E-state index in [9.17, 15) is 9.59 Å². The molecule has 2 aliphatic rings. The van der Waals surface area contributed by atoms with Crippen LogP contribution in [-0.2, 0) is 20.9 Å². The summed E-state index contributed by atoms with van der Waals surface area (Å²) in [5.41, 5.74) is 0.998. The molecule has 5 heteroatoms. The molecule has 0 radical (unpaired) electrons. The van der Waals surface area contributed by atoms with E-state index < -0.39 is 0 Å². The molecule has 5 nitrogen and oxygen atoms in total. The van der Waals surface area contributed by atoms with Gasteiger partial charge in [0.2, 0.25) is 0 Å². The van der Waals surface area contributed by atoms with Crippen molar-refractivity contribution < 1.29 is 19.1 Å². The Hall–Kier alpha value is -2.04. The number of nitrogens with zero attached hydrogens (tertiary/aromatic N) is 1. The van der Waals surface area contributed by atoms with Gasteiger partial charge in [-0.05, 0) is 50.5 Å². The molecule has 2 aliphatic heterocycles. The highest BCUT2D eigenvalue weighted by Crippen LogP contribution is 2.38. The molecule has 3 rings (SSSR count). The molecule has 0 N–H and O–H groups in total. The van der Waals surface area contributed by atoms with Crippen LogP contribution < -0.4 is 0 Å². The van der Waals surface area contributed by atoms with Gasteiger partial charge in [0.15, 0.2) is 0 Å². The molecule has 2 saturated heterocycles. The molecule has 0 spiro atoms. The number of hydrogen-bond acceptors (Lipinski definition) is 4. The summed E-state index contributed by atoms with van der Waals surface area (Å²) in [6.45, 7) is 2.57. The number of piperidine rings is 2. The van der Waals surface area contributed by atoms with Crippen LogP contribution in [-0.4, -0.2) is 35.7 Å². The average molecular weight is 345 g/mol. The summed E-state index contributed by atoms with van der Waals surface area (Å²) < 4.78 is 10.6. The zero-order chi connectivity index (χ0) is 17.6. The number of ether oxygens (including phenoxy) is 2. The van der Waals surface area contributed by atoms with Crippen LogP contribution in [0.3, 0.4) is 0 Å². The van der Waals surface area contributed by atoms with Crippen LogP contribution in [0.15, 0.2) is 30.3 Å². The second-order valence-electron chi connectivity index (χ2n) is 7.03. The molecule has 136 valence electrons. The maximum Gasteiger partial charge on any atom is 0.410 e. The highest BCUT2D eigenvalue weighted by Gasteiger charge is 2.42. The van der Waals surface area contributed by atoms with Crippen molar-refractivity contribution in [3.63, 3.8) is 0 Å². The van der Waals surface area contributed by atoms with Crippen LogP contribution in [0, 0.1) is 5.92 Å². The Labute approximate surface area is 149 Å². The normalized spacial score (nSPS) is 25.3. The van der Waals surface area contributed by atoms with Crippen molar-refractivity contribution in [2.45, 2.75) is 64.1 Å². The van der Waals surface area contributed by atoms with E-state index in [2.05, 4.69) is 0 Å². The molecule has 0 aliphatic carbocycles. The third-order valence-electron chi connectivity index (χ3n) is 5.25. The van der Waals surface area contributed by atoms with Gasteiger partial charge >= 0.3 is 12.1 Å². The van der Waals surface area contributed by atoms with Crippen molar-refractivity contribution in [1.29, 1.82) is 0 Å². The molecule has 2 fully saturated rings. The SMILES string of the molecule is CCOC(=O)CC1CC2CCCC(C1)N2C(=O)OCc1ccccc1. The summed E-state index contributed by atoms with van der Waals surface area (Å²) in [6, 6.07) is 10.1. The molecule has 0 aromatic heterocycles. The van der Waals surface area contributed by atoms with Gasteiger partial charge in [0.05, 0.1) is 6.61 Å². The topological polar surface area (TPSA) is 55.8 Å². The van der Waals surface area contributed by atoms with Gasteiger partial charge in [-0.1, -0.05) is 30.3 Å². The van der Waals surface area contributed by atoms with Gasteiger partial charge < -0.3 is 14.4 Å². The van der Waals surface area contributed by atoms with Gasteiger partial charge in [0.25, 0.3) is 0 Å². The molecule has 0 saturated carbocycles. The van der Waals surface area contributed by atoms with Gasteiger partial charge in [0, 0.05) is 18.5 Å². The second kappa shape index (κ2) is 8.37. The molecule has 1 aromatic rings. The molecule has 2 atom stereocenters. The van der Waals surface area contributed by atoms with Gasteiger partial charge in [-0.3, -0.25) is 4.79 Å².